The van der Waals surface area contributed by atoms with Gasteiger partial charge in [0.05, 0.1) is 17.6 Å². The van der Waals surface area contributed by atoms with Crippen molar-refractivity contribution in [2.24, 2.45) is 13.0 Å². The third kappa shape index (κ3) is 2.08. The molecule has 0 spiro atoms. The van der Waals surface area contributed by atoms with Crippen LogP contribution in [-0.4, -0.2) is 15.5 Å². The number of hydrogen-bond donors (Lipinski definition) is 1. The summed E-state index contributed by atoms with van der Waals surface area (Å²) in [6.45, 7) is 0.470. The number of nitrogens with zero attached hydrogens (tertiary/aromatic N) is 2. The average Bonchev–Trinajstić information content (AvgIpc) is 3.13. The van der Waals surface area contributed by atoms with Crippen LogP contribution in [0.3, 0.4) is 0 Å². The predicted octanol–water partition coefficient (Wildman–Crippen LogP) is 2.25. The molecule has 1 N–H and O–H groups in total. The molecular formula is C13H14ClN3O. The molecule has 2 aromatic rings. The molecule has 1 aromatic heterocycles. The lowest BCUT2D eigenvalue weighted by Crippen LogP contribution is -2.25. The molecule has 0 aliphatic heterocycles. The Labute approximate surface area is 110 Å². The molecule has 1 aliphatic rings. The van der Waals surface area contributed by atoms with Crippen LogP contribution in [0, 0.1) is 5.92 Å². The Kier molecular flexibility index (Phi) is 2.74. The van der Waals surface area contributed by atoms with Gasteiger partial charge in [-0.3, -0.25) is 4.79 Å². The molecule has 18 heavy (non-hydrogen) atoms. The van der Waals surface area contributed by atoms with Crippen LogP contribution < -0.4 is 5.32 Å². The van der Waals surface area contributed by atoms with Crippen LogP contribution in [0.2, 0.25) is 5.02 Å². The van der Waals surface area contributed by atoms with Crippen LogP contribution in [0.25, 0.3) is 11.0 Å². The summed E-state index contributed by atoms with van der Waals surface area (Å²) < 4.78 is 1.98. The predicted molar refractivity (Wildman–Crippen MR) is 70.3 cm³/mol. The quantitative estimate of drug-likeness (QED) is 0.923. The molecule has 5 heteroatoms. The summed E-state index contributed by atoms with van der Waals surface area (Å²) in [7, 11) is 1.95. The second-order valence-corrected chi connectivity index (χ2v) is 5.15. The number of carbonyl (C=O) groups is 1. The van der Waals surface area contributed by atoms with Crippen LogP contribution in [-0.2, 0) is 18.4 Å². The number of imidazole rings is 1. The number of fused-ring (bicyclic) bond motifs is 1. The maximum atomic E-state index is 11.6. The van der Waals surface area contributed by atoms with E-state index < -0.39 is 0 Å². The van der Waals surface area contributed by atoms with Gasteiger partial charge < -0.3 is 9.88 Å². The molecule has 0 saturated heterocycles. The summed E-state index contributed by atoms with van der Waals surface area (Å²) in [5.74, 6) is 1.22. The number of rotatable bonds is 3. The van der Waals surface area contributed by atoms with Crippen molar-refractivity contribution in [3.05, 3.63) is 29.0 Å². The molecule has 0 bridgehead atoms. The fourth-order valence-electron chi connectivity index (χ4n) is 2.04. The maximum absolute atomic E-state index is 11.6. The lowest BCUT2D eigenvalue weighted by molar-refractivity contribution is -0.122. The SMILES string of the molecule is Cn1c(CNC(=O)C2CC2)nc2cc(Cl)ccc21. The van der Waals surface area contributed by atoms with Crippen molar-refractivity contribution in [2.45, 2.75) is 19.4 Å². The normalized spacial score (nSPS) is 15.0. The first-order valence-electron chi connectivity index (χ1n) is 6.04. The summed E-state index contributed by atoms with van der Waals surface area (Å²) in [5, 5.41) is 3.60. The average molecular weight is 264 g/mol. The van der Waals surface area contributed by atoms with Gasteiger partial charge >= 0.3 is 0 Å². The van der Waals surface area contributed by atoms with Crippen molar-refractivity contribution in [1.82, 2.24) is 14.9 Å². The van der Waals surface area contributed by atoms with Gasteiger partial charge in [0.15, 0.2) is 0 Å². The van der Waals surface area contributed by atoms with Gasteiger partial charge in [-0.05, 0) is 31.0 Å². The van der Waals surface area contributed by atoms with Gasteiger partial charge in [0.25, 0.3) is 0 Å². The molecule has 4 nitrogen and oxygen atoms in total. The van der Waals surface area contributed by atoms with Gasteiger partial charge in [-0.25, -0.2) is 4.98 Å². The number of halogens is 1. The number of aromatic nitrogens is 2. The molecule has 0 unspecified atom stereocenters. The van der Waals surface area contributed by atoms with E-state index in [2.05, 4.69) is 10.3 Å². The number of amides is 1. The minimum atomic E-state index is 0.139. The lowest BCUT2D eigenvalue weighted by atomic mass is 10.3. The highest BCUT2D eigenvalue weighted by Crippen LogP contribution is 2.28. The lowest BCUT2D eigenvalue weighted by Gasteiger charge is -2.04. The first kappa shape index (κ1) is 11.5. The Hall–Kier alpha value is -1.55. The summed E-state index contributed by atoms with van der Waals surface area (Å²) in [5.41, 5.74) is 1.88. The minimum absolute atomic E-state index is 0.139. The van der Waals surface area contributed by atoms with E-state index in [0.29, 0.717) is 11.6 Å². The van der Waals surface area contributed by atoms with Crippen molar-refractivity contribution in [3.8, 4) is 0 Å². The zero-order chi connectivity index (χ0) is 12.7. The first-order chi connectivity index (χ1) is 8.65. The molecule has 3 rings (SSSR count). The van der Waals surface area contributed by atoms with Crippen LogP contribution in [0.1, 0.15) is 18.7 Å². The summed E-state index contributed by atoms with van der Waals surface area (Å²) in [6, 6.07) is 5.62. The fourth-order valence-corrected chi connectivity index (χ4v) is 2.20. The van der Waals surface area contributed by atoms with Crippen molar-refractivity contribution in [1.29, 1.82) is 0 Å². The van der Waals surface area contributed by atoms with E-state index in [1.165, 1.54) is 0 Å². The van der Waals surface area contributed by atoms with E-state index in [-0.39, 0.29) is 11.8 Å². The Bertz CT molecular complexity index is 616. The molecule has 1 aromatic carbocycles. The largest absolute Gasteiger partial charge is 0.349 e. The number of aryl methyl sites for hydroxylation is 1. The number of benzene rings is 1. The van der Waals surface area contributed by atoms with Crippen LogP contribution >= 0.6 is 11.6 Å². The highest BCUT2D eigenvalue weighted by atomic mass is 35.5. The van der Waals surface area contributed by atoms with Gasteiger partial charge in [-0.2, -0.15) is 0 Å². The second kappa shape index (κ2) is 4.28. The highest BCUT2D eigenvalue weighted by molar-refractivity contribution is 6.31. The van der Waals surface area contributed by atoms with E-state index in [9.17, 15) is 4.79 Å². The molecular weight excluding hydrogens is 250 g/mol. The van der Waals surface area contributed by atoms with E-state index in [4.69, 9.17) is 11.6 Å². The zero-order valence-electron chi connectivity index (χ0n) is 10.1. The van der Waals surface area contributed by atoms with Crippen LogP contribution in [0.5, 0.6) is 0 Å². The zero-order valence-corrected chi connectivity index (χ0v) is 10.9. The molecule has 1 aliphatic carbocycles. The maximum Gasteiger partial charge on any atom is 0.223 e. The Morgan fingerprint density at radius 2 is 2.33 bits per heavy atom. The van der Waals surface area contributed by atoms with E-state index in [1.807, 2.05) is 29.8 Å². The topological polar surface area (TPSA) is 46.9 Å². The number of carbonyl (C=O) groups excluding carboxylic acids is 1. The van der Waals surface area contributed by atoms with E-state index in [1.54, 1.807) is 0 Å². The Morgan fingerprint density at radius 3 is 3.06 bits per heavy atom. The van der Waals surface area contributed by atoms with Crippen LogP contribution in [0.15, 0.2) is 18.2 Å². The molecule has 1 heterocycles. The monoisotopic (exact) mass is 263 g/mol. The third-order valence-electron chi connectivity index (χ3n) is 3.30. The Balaban J connectivity index is 1.82. The van der Waals surface area contributed by atoms with Crippen molar-refractivity contribution in [3.63, 3.8) is 0 Å². The van der Waals surface area contributed by atoms with Crippen molar-refractivity contribution in [2.75, 3.05) is 0 Å². The third-order valence-corrected chi connectivity index (χ3v) is 3.54. The molecule has 0 atom stereocenters. The summed E-state index contributed by atoms with van der Waals surface area (Å²) in [6.07, 6.45) is 2.04. The molecule has 1 fully saturated rings. The van der Waals surface area contributed by atoms with Gasteiger partial charge in [0.2, 0.25) is 5.91 Å². The first-order valence-corrected chi connectivity index (χ1v) is 6.41. The fraction of sp³-hybridized carbons (Fsp3) is 0.385. The van der Waals surface area contributed by atoms with E-state index in [0.717, 1.165) is 29.7 Å². The molecule has 1 amide bonds. The smallest absolute Gasteiger partial charge is 0.223 e. The van der Waals surface area contributed by atoms with Gasteiger partial charge in [-0.15, -0.1) is 0 Å². The molecule has 1 saturated carbocycles. The highest BCUT2D eigenvalue weighted by Gasteiger charge is 2.29. The number of nitrogens with one attached hydrogen (secondary N) is 1. The van der Waals surface area contributed by atoms with Gasteiger partial charge in [0.1, 0.15) is 5.82 Å². The molecule has 0 radical (unpaired) electrons. The van der Waals surface area contributed by atoms with Crippen LogP contribution in [0.4, 0.5) is 0 Å². The van der Waals surface area contributed by atoms with Gasteiger partial charge in [-0.1, -0.05) is 11.6 Å². The molecule has 94 valence electrons. The minimum Gasteiger partial charge on any atom is -0.349 e. The second-order valence-electron chi connectivity index (χ2n) is 4.71. The van der Waals surface area contributed by atoms with Crippen molar-refractivity contribution >= 4 is 28.5 Å². The summed E-state index contributed by atoms with van der Waals surface area (Å²) in [4.78, 5) is 16.1. The summed E-state index contributed by atoms with van der Waals surface area (Å²) >= 11 is 5.94. The van der Waals surface area contributed by atoms with Gasteiger partial charge in [0, 0.05) is 18.0 Å². The Morgan fingerprint density at radius 1 is 1.56 bits per heavy atom. The van der Waals surface area contributed by atoms with Crippen molar-refractivity contribution < 1.29 is 4.79 Å². The standard InChI is InChI=1S/C13H14ClN3O/c1-17-11-5-4-9(14)6-10(11)16-12(17)7-15-13(18)8-2-3-8/h4-6,8H,2-3,7H2,1H3,(H,15,18). The number of hydrogen-bond acceptors (Lipinski definition) is 2. The van der Waals surface area contributed by atoms with E-state index >= 15 is 0 Å².